The van der Waals surface area contributed by atoms with E-state index in [1.165, 1.54) is 19.3 Å². The zero-order valence-corrected chi connectivity index (χ0v) is 10.2. The number of fused-ring (bicyclic) bond motifs is 1. The highest BCUT2D eigenvalue weighted by atomic mass is 16.1. The molecular formula is C13H16N4O. The van der Waals surface area contributed by atoms with Crippen LogP contribution in [0.5, 0.6) is 0 Å². The van der Waals surface area contributed by atoms with E-state index < -0.39 is 0 Å². The third kappa shape index (κ3) is 2.20. The molecule has 0 aliphatic heterocycles. The molecule has 1 aliphatic carbocycles. The monoisotopic (exact) mass is 244 g/mol. The zero-order chi connectivity index (χ0) is 12.4. The summed E-state index contributed by atoms with van der Waals surface area (Å²) in [5.74, 6) is -0.00231. The lowest BCUT2D eigenvalue weighted by Gasteiger charge is -2.22. The van der Waals surface area contributed by atoms with E-state index >= 15 is 0 Å². The van der Waals surface area contributed by atoms with Crippen LogP contribution < -0.4 is 5.32 Å². The van der Waals surface area contributed by atoms with Crippen molar-refractivity contribution in [3.63, 3.8) is 0 Å². The van der Waals surface area contributed by atoms with E-state index in [1.807, 2.05) is 6.07 Å². The molecule has 0 spiro atoms. The molecule has 0 unspecified atom stereocenters. The van der Waals surface area contributed by atoms with Crippen molar-refractivity contribution in [2.24, 2.45) is 0 Å². The van der Waals surface area contributed by atoms with Crippen molar-refractivity contribution in [2.45, 2.75) is 38.1 Å². The maximum atomic E-state index is 12.1. The Morgan fingerprint density at radius 3 is 2.94 bits per heavy atom. The van der Waals surface area contributed by atoms with E-state index in [9.17, 15) is 4.79 Å². The van der Waals surface area contributed by atoms with Gasteiger partial charge in [0.1, 0.15) is 6.33 Å². The van der Waals surface area contributed by atoms with Crippen LogP contribution >= 0.6 is 0 Å². The number of amides is 1. The van der Waals surface area contributed by atoms with E-state index in [4.69, 9.17) is 0 Å². The molecule has 18 heavy (non-hydrogen) atoms. The molecule has 5 heteroatoms. The SMILES string of the molecule is O=C(NC1CCCCC1)c1ccc2nncn2c1. The predicted octanol–water partition coefficient (Wildman–Crippen LogP) is 1.79. The van der Waals surface area contributed by atoms with Crippen molar-refractivity contribution in [1.29, 1.82) is 0 Å². The van der Waals surface area contributed by atoms with Gasteiger partial charge in [-0.25, -0.2) is 0 Å². The fourth-order valence-electron chi connectivity index (χ4n) is 2.48. The van der Waals surface area contributed by atoms with Crippen LogP contribution in [-0.2, 0) is 0 Å². The highest BCUT2D eigenvalue weighted by Gasteiger charge is 2.16. The van der Waals surface area contributed by atoms with Crippen molar-refractivity contribution in [3.05, 3.63) is 30.2 Å². The Hall–Kier alpha value is -1.91. The molecule has 1 amide bonds. The van der Waals surface area contributed by atoms with E-state index in [0.29, 0.717) is 11.6 Å². The summed E-state index contributed by atoms with van der Waals surface area (Å²) in [7, 11) is 0. The van der Waals surface area contributed by atoms with Gasteiger partial charge in [0, 0.05) is 12.2 Å². The molecule has 1 aliphatic rings. The maximum absolute atomic E-state index is 12.1. The zero-order valence-electron chi connectivity index (χ0n) is 10.2. The topological polar surface area (TPSA) is 59.3 Å². The number of hydrogen-bond acceptors (Lipinski definition) is 3. The van der Waals surface area contributed by atoms with Gasteiger partial charge >= 0.3 is 0 Å². The number of aromatic nitrogens is 3. The molecule has 94 valence electrons. The summed E-state index contributed by atoms with van der Waals surface area (Å²) >= 11 is 0. The van der Waals surface area contributed by atoms with E-state index in [0.717, 1.165) is 18.5 Å². The Balaban J connectivity index is 1.74. The van der Waals surface area contributed by atoms with Crippen LogP contribution in [0.25, 0.3) is 5.65 Å². The Morgan fingerprint density at radius 1 is 1.28 bits per heavy atom. The third-order valence-electron chi connectivity index (χ3n) is 3.49. The molecule has 5 nitrogen and oxygen atoms in total. The molecule has 1 saturated carbocycles. The molecule has 3 rings (SSSR count). The van der Waals surface area contributed by atoms with Crippen molar-refractivity contribution >= 4 is 11.6 Å². The van der Waals surface area contributed by atoms with Crippen LogP contribution in [0.15, 0.2) is 24.7 Å². The first kappa shape index (κ1) is 11.2. The summed E-state index contributed by atoms with van der Waals surface area (Å²) in [6.45, 7) is 0. The molecule has 1 fully saturated rings. The molecular weight excluding hydrogens is 228 g/mol. The lowest BCUT2D eigenvalue weighted by atomic mass is 9.95. The standard InChI is InChI=1S/C13H16N4O/c18-13(15-11-4-2-1-3-5-11)10-6-7-12-16-14-9-17(12)8-10/h6-9,11H,1-5H2,(H,15,18). The second-order valence-corrected chi connectivity index (χ2v) is 4.82. The van der Waals surface area contributed by atoms with Crippen molar-refractivity contribution < 1.29 is 4.79 Å². The number of carbonyl (C=O) groups is 1. The first-order chi connectivity index (χ1) is 8.83. The van der Waals surface area contributed by atoms with Crippen molar-refractivity contribution in [1.82, 2.24) is 19.9 Å². The highest BCUT2D eigenvalue weighted by Crippen LogP contribution is 2.17. The van der Waals surface area contributed by atoms with Gasteiger partial charge in [0.15, 0.2) is 5.65 Å². The average molecular weight is 244 g/mol. The first-order valence-electron chi connectivity index (χ1n) is 6.43. The Kier molecular flexibility index (Phi) is 2.96. The van der Waals surface area contributed by atoms with Crippen LogP contribution in [0, 0.1) is 0 Å². The Morgan fingerprint density at radius 2 is 2.11 bits per heavy atom. The van der Waals surface area contributed by atoms with E-state index in [-0.39, 0.29) is 5.91 Å². The summed E-state index contributed by atoms with van der Waals surface area (Å²) in [5.41, 5.74) is 1.41. The Bertz CT molecular complexity index is 557. The van der Waals surface area contributed by atoms with Crippen molar-refractivity contribution in [2.75, 3.05) is 0 Å². The minimum atomic E-state index is -0.00231. The van der Waals surface area contributed by atoms with Gasteiger partial charge in [-0.1, -0.05) is 19.3 Å². The molecule has 0 aromatic carbocycles. The molecule has 2 aromatic heterocycles. The van der Waals surface area contributed by atoms with Crippen LogP contribution in [0.2, 0.25) is 0 Å². The molecule has 0 radical (unpaired) electrons. The summed E-state index contributed by atoms with van der Waals surface area (Å²) in [5, 5.41) is 10.8. The number of rotatable bonds is 2. The second kappa shape index (κ2) is 4.76. The number of pyridine rings is 1. The number of nitrogens with one attached hydrogen (secondary N) is 1. The van der Waals surface area contributed by atoms with Crippen LogP contribution in [0.1, 0.15) is 42.5 Å². The molecule has 0 atom stereocenters. The maximum Gasteiger partial charge on any atom is 0.252 e. The molecule has 2 aromatic rings. The van der Waals surface area contributed by atoms with E-state index in [2.05, 4.69) is 15.5 Å². The molecule has 0 saturated heterocycles. The summed E-state index contributed by atoms with van der Waals surface area (Å²) in [6.07, 6.45) is 9.30. The normalized spacial score (nSPS) is 16.9. The number of hydrogen-bond donors (Lipinski definition) is 1. The van der Waals surface area contributed by atoms with Gasteiger partial charge in [0.2, 0.25) is 0 Å². The van der Waals surface area contributed by atoms with E-state index in [1.54, 1.807) is 23.0 Å². The predicted molar refractivity (Wildman–Crippen MR) is 67.3 cm³/mol. The van der Waals surface area contributed by atoms with Gasteiger partial charge in [0.05, 0.1) is 5.56 Å². The summed E-state index contributed by atoms with van der Waals surface area (Å²) in [6, 6.07) is 3.94. The minimum Gasteiger partial charge on any atom is -0.349 e. The van der Waals surface area contributed by atoms with Gasteiger partial charge in [-0.15, -0.1) is 10.2 Å². The fourth-order valence-corrected chi connectivity index (χ4v) is 2.48. The molecule has 1 N–H and O–H groups in total. The quantitative estimate of drug-likeness (QED) is 0.876. The van der Waals surface area contributed by atoms with Crippen LogP contribution in [0.3, 0.4) is 0 Å². The second-order valence-electron chi connectivity index (χ2n) is 4.82. The highest BCUT2D eigenvalue weighted by molar-refractivity contribution is 5.94. The summed E-state index contributed by atoms with van der Waals surface area (Å²) < 4.78 is 1.76. The smallest absolute Gasteiger partial charge is 0.252 e. The van der Waals surface area contributed by atoms with Gasteiger partial charge < -0.3 is 5.32 Å². The number of carbonyl (C=O) groups excluding carboxylic acids is 1. The summed E-state index contributed by atoms with van der Waals surface area (Å²) in [4.78, 5) is 12.1. The third-order valence-corrected chi connectivity index (χ3v) is 3.49. The van der Waals surface area contributed by atoms with Crippen LogP contribution in [0.4, 0.5) is 0 Å². The largest absolute Gasteiger partial charge is 0.349 e. The molecule has 2 heterocycles. The van der Waals surface area contributed by atoms with Gasteiger partial charge in [-0.2, -0.15) is 0 Å². The Labute approximate surface area is 105 Å². The van der Waals surface area contributed by atoms with Crippen LogP contribution in [-0.4, -0.2) is 26.5 Å². The lowest BCUT2D eigenvalue weighted by molar-refractivity contribution is 0.0927. The average Bonchev–Trinajstić information content (AvgIpc) is 2.87. The van der Waals surface area contributed by atoms with Gasteiger partial charge in [0.25, 0.3) is 5.91 Å². The molecule has 0 bridgehead atoms. The van der Waals surface area contributed by atoms with Gasteiger partial charge in [-0.05, 0) is 25.0 Å². The number of nitrogens with zero attached hydrogens (tertiary/aromatic N) is 3. The fraction of sp³-hybridized carbons (Fsp3) is 0.462. The minimum absolute atomic E-state index is 0.00231. The first-order valence-corrected chi connectivity index (χ1v) is 6.43. The van der Waals surface area contributed by atoms with Crippen molar-refractivity contribution in [3.8, 4) is 0 Å². The lowest BCUT2D eigenvalue weighted by Crippen LogP contribution is -2.36. The van der Waals surface area contributed by atoms with Gasteiger partial charge in [-0.3, -0.25) is 9.20 Å².